The number of aryl methyl sites for hydroxylation is 1. The van der Waals surface area contributed by atoms with E-state index in [9.17, 15) is 0 Å². The van der Waals surface area contributed by atoms with Crippen LogP contribution in [0, 0.1) is 6.92 Å². The van der Waals surface area contributed by atoms with E-state index >= 15 is 0 Å². The highest BCUT2D eigenvalue weighted by Gasteiger charge is 2.19. The highest BCUT2D eigenvalue weighted by Crippen LogP contribution is 2.31. The lowest BCUT2D eigenvalue weighted by Gasteiger charge is -2.35. The van der Waals surface area contributed by atoms with Gasteiger partial charge in [-0.25, -0.2) is 15.0 Å². The first-order valence-corrected chi connectivity index (χ1v) is 10.7. The van der Waals surface area contributed by atoms with Crippen molar-refractivity contribution in [2.75, 3.05) is 49.5 Å². The largest absolute Gasteiger partial charge is 0.395 e. The standard InChI is InChI=1S/C22H24ClN7O/c1-15-3-2-4-16(23)20(15)27-21-18-13-24-14-30(18)22-17(25-21)5-6-19(26-22)29-9-7-28(8-10-29)11-12-31/h2-6,13-14,31H,7-12H2,1H3,(H,25,27). The average Bonchev–Trinajstić information content (AvgIpc) is 3.27. The zero-order chi connectivity index (χ0) is 21.4. The number of hydrogen-bond acceptors (Lipinski definition) is 7. The Morgan fingerprint density at radius 1 is 1.10 bits per heavy atom. The van der Waals surface area contributed by atoms with Gasteiger partial charge in [-0.2, -0.15) is 0 Å². The van der Waals surface area contributed by atoms with E-state index in [-0.39, 0.29) is 6.61 Å². The van der Waals surface area contributed by atoms with Crippen LogP contribution in [-0.2, 0) is 0 Å². The molecule has 1 aromatic carbocycles. The molecule has 0 aliphatic carbocycles. The molecule has 0 spiro atoms. The number of pyridine rings is 1. The van der Waals surface area contributed by atoms with Gasteiger partial charge in [0, 0.05) is 32.7 Å². The molecule has 5 rings (SSSR count). The maximum Gasteiger partial charge on any atom is 0.166 e. The number of nitrogens with one attached hydrogen (secondary N) is 1. The summed E-state index contributed by atoms with van der Waals surface area (Å²) in [6.45, 7) is 6.52. The number of fused-ring (bicyclic) bond motifs is 3. The Kier molecular flexibility index (Phi) is 5.35. The van der Waals surface area contributed by atoms with Gasteiger partial charge in [-0.05, 0) is 30.7 Å². The lowest BCUT2D eigenvalue weighted by atomic mass is 10.2. The van der Waals surface area contributed by atoms with Crippen LogP contribution in [0.3, 0.4) is 0 Å². The molecule has 1 aliphatic heterocycles. The van der Waals surface area contributed by atoms with Crippen LogP contribution in [0.15, 0.2) is 42.9 Å². The second kappa shape index (κ2) is 8.30. The lowest BCUT2D eigenvalue weighted by molar-refractivity contribution is 0.188. The van der Waals surface area contributed by atoms with Gasteiger partial charge in [-0.1, -0.05) is 23.7 Å². The van der Waals surface area contributed by atoms with Gasteiger partial charge in [0.25, 0.3) is 0 Å². The van der Waals surface area contributed by atoms with E-state index in [1.807, 2.05) is 41.7 Å². The molecular formula is C22H24ClN7O. The van der Waals surface area contributed by atoms with Gasteiger partial charge in [0.1, 0.15) is 23.2 Å². The van der Waals surface area contributed by atoms with Gasteiger partial charge >= 0.3 is 0 Å². The zero-order valence-electron chi connectivity index (χ0n) is 17.3. The Labute approximate surface area is 185 Å². The minimum atomic E-state index is 0.197. The van der Waals surface area contributed by atoms with E-state index in [0.717, 1.165) is 66.5 Å². The van der Waals surface area contributed by atoms with E-state index in [1.165, 1.54) is 0 Å². The highest BCUT2D eigenvalue weighted by molar-refractivity contribution is 6.33. The topological polar surface area (TPSA) is 81.8 Å². The molecule has 0 radical (unpaired) electrons. The highest BCUT2D eigenvalue weighted by atomic mass is 35.5. The number of anilines is 3. The molecule has 0 atom stereocenters. The van der Waals surface area contributed by atoms with Crippen LogP contribution in [0.4, 0.5) is 17.3 Å². The van der Waals surface area contributed by atoms with Crippen molar-refractivity contribution in [2.24, 2.45) is 0 Å². The number of aromatic nitrogens is 4. The number of β-amino-alcohol motifs (C(OH)–C–C–N with tert-alkyl or cyclic N) is 1. The van der Waals surface area contributed by atoms with E-state index < -0.39 is 0 Å². The number of hydrogen-bond donors (Lipinski definition) is 2. The Morgan fingerprint density at radius 3 is 2.71 bits per heavy atom. The number of aliphatic hydroxyl groups is 1. The van der Waals surface area contributed by atoms with Crippen LogP contribution >= 0.6 is 11.6 Å². The van der Waals surface area contributed by atoms with Crippen molar-refractivity contribution in [1.29, 1.82) is 0 Å². The molecule has 1 fully saturated rings. The Balaban J connectivity index is 1.50. The van der Waals surface area contributed by atoms with E-state index in [1.54, 1.807) is 12.5 Å². The SMILES string of the molecule is Cc1cccc(Cl)c1Nc1nc2ccc(N3CCN(CCO)CC3)nc2n2cncc12. The number of aliphatic hydroxyl groups excluding tert-OH is 1. The first kappa shape index (κ1) is 20.0. The molecule has 2 N–H and O–H groups in total. The molecule has 1 saturated heterocycles. The van der Waals surface area contributed by atoms with Crippen molar-refractivity contribution >= 4 is 45.6 Å². The predicted molar refractivity (Wildman–Crippen MR) is 123 cm³/mol. The molecule has 0 amide bonds. The third-order valence-corrected chi connectivity index (χ3v) is 6.07. The Bertz CT molecular complexity index is 1210. The van der Waals surface area contributed by atoms with Gasteiger partial charge in [0.15, 0.2) is 11.5 Å². The van der Waals surface area contributed by atoms with Crippen LogP contribution in [0.1, 0.15) is 5.56 Å². The number of benzene rings is 1. The summed E-state index contributed by atoms with van der Waals surface area (Å²) in [5.41, 5.74) is 4.26. The van der Waals surface area contributed by atoms with Crippen LogP contribution in [0.25, 0.3) is 16.7 Å². The molecule has 160 valence electrons. The summed E-state index contributed by atoms with van der Waals surface area (Å²) >= 11 is 6.41. The molecule has 9 heteroatoms. The van der Waals surface area contributed by atoms with Crippen molar-refractivity contribution < 1.29 is 5.11 Å². The van der Waals surface area contributed by atoms with Gasteiger partial charge in [-0.3, -0.25) is 9.30 Å². The molecule has 3 aromatic heterocycles. The van der Waals surface area contributed by atoms with Gasteiger partial charge in [0.2, 0.25) is 0 Å². The maximum absolute atomic E-state index is 9.15. The first-order valence-electron chi connectivity index (χ1n) is 10.4. The molecule has 1 aliphatic rings. The summed E-state index contributed by atoms with van der Waals surface area (Å²) in [6.07, 6.45) is 3.54. The summed E-state index contributed by atoms with van der Waals surface area (Å²) in [7, 11) is 0. The monoisotopic (exact) mass is 437 g/mol. The summed E-state index contributed by atoms with van der Waals surface area (Å²) in [6, 6.07) is 9.82. The molecular weight excluding hydrogens is 414 g/mol. The number of imidazole rings is 1. The summed E-state index contributed by atoms with van der Waals surface area (Å²) in [5, 5.41) is 13.2. The van der Waals surface area contributed by atoms with Crippen molar-refractivity contribution in [1.82, 2.24) is 24.3 Å². The van der Waals surface area contributed by atoms with Crippen LogP contribution in [0.5, 0.6) is 0 Å². The summed E-state index contributed by atoms with van der Waals surface area (Å²) in [5.74, 6) is 1.61. The van der Waals surface area contributed by atoms with Crippen LogP contribution in [-0.4, -0.2) is 68.7 Å². The maximum atomic E-state index is 9.15. The quantitative estimate of drug-likeness (QED) is 0.496. The molecule has 0 bridgehead atoms. The molecule has 8 nitrogen and oxygen atoms in total. The Hall–Kier alpha value is -2.94. The number of halogens is 1. The van der Waals surface area contributed by atoms with Crippen molar-refractivity contribution in [3.05, 3.63) is 53.4 Å². The van der Waals surface area contributed by atoms with Gasteiger partial charge in [-0.15, -0.1) is 0 Å². The van der Waals surface area contributed by atoms with Gasteiger partial charge in [0.05, 0.1) is 23.5 Å². The molecule has 0 unspecified atom stereocenters. The number of nitrogens with zero attached hydrogens (tertiary/aromatic N) is 6. The van der Waals surface area contributed by atoms with Gasteiger partial charge < -0.3 is 15.3 Å². The third-order valence-electron chi connectivity index (χ3n) is 5.76. The fourth-order valence-electron chi connectivity index (χ4n) is 4.03. The summed E-state index contributed by atoms with van der Waals surface area (Å²) in [4.78, 5) is 18.6. The van der Waals surface area contributed by atoms with E-state index in [0.29, 0.717) is 10.8 Å². The number of rotatable bonds is 5. The number of piperazine rings is 1. The summed E-state index contributed by atoms with van der Waals surface area (Å²) < 4.78 is 1.96. The normalized spacial score (nSPS) is 15.1. The minimum Gasteiger partial charge on any atom is -0.395 e. The molecule has 4 aromatic rings. The lowest BCUT2D eigenvalue weighted by Crippen LogP contribution is -2.47. The van der Waals surface area contributed by atoms with E-state index in [4.69, 9.17) is 26.7 Å². The minimum absolute atomic E-state index is 0.197. The number of para-hydroxylation sites is 1. The second-order valence-corrected chi connectivity index (χ2v) is 8.14. The average molecular weight is 438 g/mol. The van der Waals surface area contributed by atoms with Crippen molar-refractivity contribution in [2.45, 2.75) is 6.92 Å². The third kappa shape index (κ3) is 3.78. The predicted octanol–water partition coefficient (Wildman–Crippen LogP) is 3.10. The van der Waals surface area contributed by atoms with E-state index in [2.05, 4.69) is 20.1 Å². The fourth-order valence-corrected chi connectivity index (χ4v) is 4.30. The zero-order valence-corrected chi connectivity index (χ0v) is 18.0. The van der Waals surface area contributed by atoms with Crippen molar-refractivity contribution in [3.8, 4) is 0 Å². The second-order valence-electron chi connectivity index (χ2n) is 7.73. The van der Waals surface area contributed by atoms with Crippen molar-refractivity contribution in [3.63, 3.8) is 0 Å². The fraction of sp³-hybridized carbons (Fsp3) is 0.318. The van der Waals surface area contributed by atoms with Crippen LogP contribution < -0.4 is 10.2 Å². The van der Waals surface area contributed by atoms with Crippen LogP contribution in [0.2, 0.25) is 5.02 Å². The Morgan fingerprint density at radius 2 is 1.94 bits per heavy atom. The molecule has 0 saturated carbocycles. The molecule has 31 heavy (non-hydrogen) atoms. The molecule has 4 heterocycles. The smallest absolute Gasteiger partial charge is 0.166 e. The first-order chi connectivity index (χ1) is 15.1.